The van der Waals surface area contributed by atoms with Crippen molar-refractivity contribution >= 4 is 44.7 Å². The van der Waals surface area contributed by atoms with Crippen LogP contribution in [0, 0.1) is 0 Å². The number of anilines is 2. The standard InChI is InChI=1S/C18H15F3N4O3S/c1-10(26)23-11-2-3-14(13(8-11)18(19,20)21)24-15(27)4-6-25-9-22-16-12(17(25)28)5-7-29-16/h2-3,5,7-9H,4,6H2,1H3,(H,23,26)(H,24,27). The molecule has 0 fully saturated rings. The molecule has 2 N–H and O–H groups in total. The summed E-state index contributed by atoms with van der Waals surface area (Å²) in [6.07, 6.45) is -3.65. The lowest BCUT2D eigenvalue weighted by Gasteiger charge is -2.15. The molecule has 0 unspecified atom stereocenters. The van der Waals surface area contributed by atoms with Gasteiger partial charge in [0.15, 0.2) is 0 Å². The molecule has 2 amide bonds. The number of hydrogen-bond donors (Lipinski definition) is 2. The molecule has 152 valence electrons. The number of aryl methyl sites for hydroxylation is 1. The zero-order valence-corrected chi connectivity index (χ0v) is 15.9. The van der Waals surface area contributed by atoms with Crippen LogP contribution in [-0.2, 0) is 22.3 Å². The summed E-state index contributed by atoms with van der Waals surface area (Å²) < 4.78 is 41.2. The highest BCUT2D eigenvalue weighted by atomic mass is 32.1. The Hall–Kier alpha value is -3.21. The van der Waals surface area contributed by atoms with E-state index in [1.54, 1.807) is 11.4 Å². The number of thiophene rings is 1. The second-order valence-corrected chi connectivity index (χ2v) is 7.01. The highest BCUT2D eigenvalue weighted by Crippen LogP contribution is 2.36. The van der Waals surface area contributed by atoms with Crippen molar-refractivity contribution in [3.05, 3.63) is 51.9 Å². The molecule has 7 nitrogen and oxygen atoms in total. The van der Waals surface area contributed by atoms with Gasteiger partial charge in [0.2, 0.25) is 11.8 Å². The number of halogens is 3. The minimum Gasteiger partial charge on any atom is -0.326 e. The second-order valence-electron chi connectivity index (χ2n) is 6.12. The smallest absolute Gasteiger partial charge is 0.326 e. The Morgan fingerprint density at radius 3 is 2.66 bits per heavy atom. The van der Waals surface area contributed by atoms with Crippen LogP contribution in [-0.4, -0.2) is 21.4 Å². The summed E-state index contributed by atoms with van der Waals surface area (Å²) in [6, 6.07) is 4.69. The Bertz CT molecular complexity index is 1140. The number of carbonyl (C=O) groups is 2. The highest BCUT2D eigenvalue weighted by molar-refractivity contribution is 7.16. The van der Waals surface area contributed by atoms with Crippen molar-refractivity contribution in [3.63, 3.8) is 0 Å². The van der Waals surface area contributed by atoms with E-state index in [-0.39, 0.29) is 24.2 Å². The van der Waals surface area contributed by atoms with Gasteiger partial charge in [0.25, 0.3) is 5.56 Å². The number of fused-ring (bicyclic) bond motifs is 1. The molecule has 0 aliphatic rings. The van der Waals surface area contributed by atoms with Crippen LogP contribution in [0.2, 0.25) is 0 Å². The van der Waals surface area contributed by atoms with Crippen molar-refractivity contribution in [2.75, 3.05) is 10.6 Å². The predicted molar refractivity (Wildman–Crippen MR) is 103 cm³/mol. The molecule has 0 saturated heterocycles. The molecule has 29 heavy (non-hydrogen) atoms. The van der Waals surface area contributed by atoms with E-state index in [9.17, 15) is 27.6 Å². The Kier molecular flexibility index (Phi) is 5.69. The van der Waals surface area contributed by atoms with Crippen LogP contribution in [0.4, 0.5) is 24.5 Å². The second kappa shape index (κ2) is 8.03. The molecular weight excluding hydrogens is 409 g/mol. The zero-order chi connectivity index (χ0) is 21.2. The van der Waals surface area contributed by atoms with Gasteiger partial charge in [0, 0.05) is 25.6 Å². The fourth-order valence-electron chi connectivity index (χ4n) is 2.66. The van der Waals surface area contributed by atoms with Crippen molar-refractivity contribution in [2.24, 2.45) is 0 Å². The molecule has 3 rings (SSSR count). The molecule has 2 aromatic heterocycles. The van der Waals surface area contributed by atoms with Crippen LogP contribution in [0.5, 0.6) is 0 Å². The summed E-state index contributed by atoms with van der Waals surface area (Å²) in [5.41, 5.74) is -1.88. The minimum atomic E-state index is -4.73. The first-order chi connectivity index (χ1) is 13.6. The van der Waals surface area contributed by atoms with Crippen LogP contribution in [0.25, 0.3) is 10.2 Å². The number of aromatic nitrogens is 2. The first-order valence-corrected chi connectivity index (χ1v) is 9.24. The lowest BCUT2D eigenvalue weighted by atomic mass is 10.1. The molecule has 2 heterocycles. The van der Waals surface area contributed by atoms with Gasteiger partial charge in [0.05, 0.1) is 23.0 Å². The van der Waals surface area contributed by atoms with Crippen molar-refractivity contribution in [1.82, 2.24) is 9.55 Å². The molecular formula is C18H15F3N4O3S. The molecule has 0 aliphatic heterocycles. The average molecular weight is 424 g/mol. The van der Waals surface area contributed by atoms with E-state index < -0.39 is 29.2 Å². The number of alkyl halides is 3. The number of benzene rings is 1. The molecule has 0 saturated carbocycles. The normalized spacial score (nSPS) is 11.4. The van der Waals surface area contributed by atoms with Gasteiger partial charge in [-0.15, -0.1) is 11.3 Å². The monoisotopic (exact) mass is 424 g/mol. The molecule has 0 radical (unpaired) electrons. The summed E-state index contributed by atoms with van der Waals surface area (Å²) in [7, 11) is 0. The molecule has 11 heteroatoms. The quantitative estimate of drug-likeness (QED) is 0.656. The number of amides is 2. The average Bonchev–Trinajstić information content (AvgIpc) is 3.11. The number of carbonyl (C=O) groups excluding carboxylic acids is 2. The number of nitrogens with zero attached hydrogens (tertiary/aromatic N) is 2. The Morgan fingerprint density at radius 1 is 1.21 bits per heavy atom. The van der Waals surface area contributed by atoms with E-state index in [4.69, 9.17) is 0 Å². The lowest BCUT2D eigenvalue weighted by Crippen LogP contribution is -2.24. The van der Waals surface area contributed by atoms with Gasteiger partial charge in [-0.1, -0.05) is 0 Å². The fraction of sp³-hybridized carbons (Fsp3) is 0.222. The maximum absolute atomic E-state index is 13.3. The first-order valence-electron chi connectivity index (χ1n) is 8.36. The van der Waals surface area contributed by atoms with Gasteiger partial charge >= 0.3 is 6.18 Å². The Balaban J connectivity index is 1.74. The van der Waals surface area contributed by atoms with Crippen molar-refractivity contribution < 1.29 is 22.8 Å². The van der Waals surface area contributed by atoms with Crippen molar-refractivity contribution in [3.8, 4) is 0 Å². The third-order valence-electron chi connectivity index (χ3n) is 3.95. The summed E-state index contributed by atoms with van der Waals surface area (Å²) in [5.74, 6) is -1.21. The van der Waals surface area contributed by atoms with Gasteiger partial charge < -0.3 is 10.6 Å². The molecule has 0 aliphatic carbocycles. The van der Waals surface area contributed by atoms with Crippen molar-refractivity contribution in [2.45, 2.75) is 26.1 Å². The van der Waals surface area contributed by atoms with Crippen LogP contribution < -0.4 is 16.2 Å². The number of hydrogen-bond acceptors (Lipinski definition) is 5. The molecule has 1 aromatic carbocycles. The summed E-state index contributed by atoms with van der Waals surface area (Å²) in [4.78, 5) is 40.2. The maximum atomic E-state index is 13.3. The first kappa shape index (κ1) is 20.5. The van der Waals surface area contributed by atoms with E-state index in [1.165, 1.54) is 35.2 Å². The lowest BCUT2D eigenvalue weighted by molar-refractivity contribution is -0.137. The van der Waals surface area contributed by atoms with Gasteiger partial charge in [-0.2, -0.15) is 13.2 Å². The van der Waals surface area contributed by atoms with Crippen LogP contribution in [0.15, 0.2) is 40.8 Å². The SMILES string of the molecule is CC(=O)Nc1ccc(NC(=O)CCn2cnc3sccc3c2=O)c(C(F)(F)F)c1. The zero-order valence-electron chi connectivity index (χ0n) is 15.0. The third-order valence-corrected chi connectivity index (χ3v) is 4.77. The number of rotatable bonds is 5. The van der Waals surface area contributed by atoms with Gasteiger partial charge in [-0.05, 0) is 29.6 Å². The molecule has 0 bridgehead atoms. The topological polar surface area (TPSA) is 93.1 Å². The Labute approximate surface area is 166 Å². The van der Waals surface area contributed by atoms with E-state index in [1.807, 2.05) is 0 Å². The molecule has 0 atom stereocenters. The Morgan fingerprint density at radius 2 is 1.97 bits per heavy atom. The van der Waals surface area contributed by atoms with Gasteiger partial charge in [-0.25, -0.2) is 4.98 Å². The largest absolute Gasteiger partial charge is 0.418 e. The van der Waals surface area contributed by atoms with E-state index in [0.29, 0.717) is 10.2 Å². The van der Waals surface area contributed by atoms with E-state index in [0.717, 1.165) is 12.1 Å². The third kappa shape index (κ3) is 4.80. The van der Waals surface area contributed by atoms with E-state index >= 15 is 0 Å². The van der Waals surface area contributed by atoms with Crippen LogP contribution >= 0.6 is 11.3 Å². The molecule has 3 aromatic rings. The fourth-order valence-corrected chi connectivity index (χ4v) is 3.38. The maximum Gasteiger partial charge on any atom is 0.418 e. The van der Waals surface area contributed by atoms with E-state index in [2.05, 4.69) is 15.6 Å². The summed E-state index contributed by atoms with van der Waals surface area (Å²) in [6.45, 7) is 1.14. The summed E-state index contributed by atoms with van der Waals surface area (Å²) in [5, 5.41) is 6.63. The van der Waals surface area contributed by atoms with Gasteiger partial charge in [0.1, 0.15) is 4.83 Å². The summed E-state index contributed by atoms with van der Waals surface area (Å²) >= 11 is 1.31. The van der Waals surface area contributed by atoms with Crippen molar-refractivity contribution in [1.29, 1.82) is 0 Å². The van der Waals surface area contributed by atoms with Crippen LogP contribution in [0.1, 0.15) is 18.9 Å². The van der Waals surface area contributed by atoms with Gasteiger partial charge in [-0.3, -0.25) is 19.0 Å². The highest BCUT2D eigenvalue weighted by Gasteiger charge is 2.34. The van der Waals surface area contributed by atoms with Crippen LogP contribution in [0.3, 0.4) is 0 Å². The molecule has 0 spiro atoms. The number of nitrogens with one attached hydrogen (secondary N) is 2. The predicted octanol–water partition coefficient (Wildman–Crippen LogP) is 3.46. The minimum absolute atomic E-state index is 0.0330.